The third-order valence-electron chi connectivity index (χ3n) is 4.36. The predicted octanol–water partition coefficient (Wildman–Crippen LogP) is 2.56. The zero-order chi connectivity index (χ0) is 20.3. The Kier molecular flexibility index (Phi) is 5.54. The third kappa shape index (κ3) is 3.64. The molecule has 0 aliphatic carbocycles. The first kappa shape index (κ1) is 19.3. The van der Waals surface area contributed by atoms with Gasteiger partial charge in [-0.3, -0.25) is 14.4 Å². The van der Waals surface area contributed by atoms with Gasteiger partial charge in [-0.2, -0.15) is 0 Å². The van der Waals surface area contributed by atoms with Crippen LogP contribution < -0.4 is 10.2 Å². The molecule has 3 amide bonds. The summed E-state index contributed by atoms with van der Waals surface area (Å²) in [6.45, 7) is 3.93. The van der Waals surface area contributed by atoms with Crippen LogP contribution in [-0.4, -0.2) is 36.3 Å². The first-order chi connectivity index (χ1) is 13.4. The van der Waals surface area contributed by atoms with Gasteiger partial charge >= 0.3 is 5.97 Å². The molecule has 1 heterocycles. The summed E-state index contributed by atoms with van der Waals surface area (Å²) >= 11 is 0. The summed E-state index contributed by atoms with van der Waals surface area (Å²) < 4.78 is 5.16. The topological polar surface area (TPSA) is 92.8 Å². The highest BCUT2D eigenvalue weighted by atomic mass is 16.5. The molecule has 0 aromatic heterocycles. The van der Waals surface area contributed by atoms with E-state index in [4.69, 9.17) is 4.74 Å². The van der Waals surface area contributed by atoms with Crippen LogP contribution in [0.1, 0.15) is 51.3 Å². The van der Waals surface area contributed by atoms with Crippen molar-refractivity contribution in [3.05, 3.63) is 65.2 Å². The lowest BCUT2D eigenvalue weighted by atomic mass is 10.1. The monoisotopic (exact) mass is 380 g/mol. The second-order valence-electron chi connectivity index (χ2n) is 6.38. The number of nitrogens with zero attached hydrogens (tertiary/aromatic N) is 1. The summed E-state index contributed by atoms with van der Waals surface area (Å²) in [7, 11) is 0. The van der Waals surface area contributed by atoms with Crippen molar-refractivity contribution < 1.29 is 23.9 Å². The third-order valence-corrected chi connectivity index (χ3v) is 4.36. The van der Waals surface area contributed by atoms with Crippen molar-refractivity contribution in [2.45, 2.75) is 26.4 Å². The van der Waals surface area contributed by atoms with Crippen LogP contribution in [0, 0.1) is 0 Å². The number of hydrogen-bond donors (Lipinski definition) is 1. The molecule has 28 heavy (non-hydrogen) atoms. The van der Waals surface area contributed by atoms with Gasteiger partial charge in [0.25, 0.3) is 17.7 Å². The lowest BCUT2D eigenvalue weighted by Crippen LogP contribution is -2.36. The molecule has 0 bridgehead atoms. The van der Waals surface area contributed by atoms with Crippen molar-refractivity contribution in [2.24, 2.45) is 0 Å². The number of fused-ring (bicyclic) bond motifs is 1. The lowest BCUT2D eigenvalue weighted by Gasteiger charge is -2.15. The lowest BCUT2D eigenvalue weighted by molar-refractivity contribution is -0.129. The summed E-state index contributed by atoms with van der Waals surface area (Å²) in [6.07, 6.45) is -0.138. The molecule has 1 aliphatic heterocycles. The minimum atomic E-state index is -0.921. The fourth-order valence-electron chi connectivity index (χ4n) is 2.84. The minimum absolute atomic E-state index is 0.218. The van der Waals surface area contributed by atoms with E-state index in [9.17, 15) is 19.2 Å². The van der Waals surface area contributed by atoms with Gasteiger partial charge < -0.3 is 10.1 Å². The van der Waals surface area contributed by atoms with Gasteiger partial charge in [-0.1, -0.05) is 19.1 Å². The molecule has 0 fully saturated rings. The SMILES string of the molecule is CCCNC(=O)[C@@H](C)OC(=O)c1ccc(N2C(=O)c3ccccc3C2=O)cc1. The van der Waals surface area contributed by atoms with E-state index in [1.54, 1.807) is 24.3 Å². The van der Waals surface area contributed by atoms with Crippen LogP contribution in [0.15, 0.2) is 48.5 Å². The van der Waals surface area contributed by atoms with E-state index in [1.807, 2.05) is 6.92 Å². The van der Waals surface area contributed by atoms with Gasteiger partial charge in [-0.25, -0.2) is 9.69 Å². The fourth-order valence-corrected chi connectivity index (χ4v) is 2.84. The standard InChI is InChI=1S/C21H20N2O5/c1-3-12-22-18(24)13(2)28-21(27)14-8-10-15(11-9-14)23-19(25)16-6-4-5-7-17(16)20(23)26/h4-11,13H,3,12H2,1-2H3,(H,22,24)/t13-/m1/s1. The van der Waals surface area contributed by atoms with Gasteiger partial charge in [-0.15, -0.1) is 0 Å². The molecule has 0 spiro atoms. The second-order valence-corrected chi connectivity index (χ2v) is 6.38. The number of carbonyl (C=O) groups excluding carboxylic acids is 4. The van der Waals surface area contributed by atoms with Crippen LogP contribution in [0.25, 0.3) is 0 Å². The van der Waals surface area contributed by atoms with E-state index < -0.39 is 23.9 Å². The normalized spacial score (nSPS) is 13.9. The van der Waals surface area contributed by atoms with E-state index in [0.29, 0.717) is 23.4 Å². The van der Waals surface area contributed by atoms with Gasteiger partial charge in [0.15, 0.2) is 6.10 Å². The van der Waals surface area contributed by atoms with Crippen LogP contribution in [0.5, 0.6) is 0 Å². The highest BCUT2D eigenvalue weighted by molar-refractivity contribution is 6.34. The van der Waals surface area contributed by atoms with Crippen molar-refractivity contribution in [1.29, 1.82) is 0 Å². The molecule has 1 aliphatic rings. The Morgan fingerprint density at radius 3 is 2.11 bits per heavy atom. The van der Waals surface area contributed by atoms with Crippen LogP contribution in [0.2, 0.25) is 0 Å². The van der Waals surface area contributed by atoms with Gasteiger partial charge in [0.1, 0.15) is 0 Å². The smallest absolute Gasteiger partial charge is 0.338 e. The molecule has 0 saturated carbocycles. The minimum Gasteiger partial charge on any atom is -0.449 e. The fraction of sp³-hybridized carbons (Fsp3) is 0.238. The van der Waals surface area contributed by atoms with Crippen LogP contribution in [0.3, 0.4) is 0 Å². The average molecular weight is 380 g/mol. The molecule has 0 radical (unpaired) electrons. The molecule has 2 aromatic rings. The summed E-state index contributed by atoms with van der Waals surface area (Å²) in [4.78, 5) is 50.1. The summed E-state index contributed by atoms with van der Waals surface area (Å²) in [5, 5.41) is 2.66. The van der Waals surface area contributed by atoms with E-state index in [-0.39, 0.29) is 11.5 Å². The zero-order valence-electron chi connectivity index (χ0n) is 15.6. The zero-order valence-corrected chi connectivity index (χ0v) is 15.6. The van der Waals surface area contributed by atoms with Crippen LogP contribution >= 0.6 is 0 Å². The number of hydrogen-bond acceptors (Lipinski definition) is 5. The Labute approximate surface area is 162 Å². The maximum absolute atomic E-state index is 12.5. The first-order valence-corrected chi connectivity index (χ1v) is 9.00. The van der Waals surface area contributed by atoms with Crippen molar-refractivity contribution in [2.75, 3.05) is 11.4 Å². The van der Waals surface area contributed by atoms with Gasteiger partial charge in [0.2, 0.25) is 0 Å². The molecule has 2 aromatic carbocycles. The molecule has 0 unspecified atom stereocenters. The largest absolute Gasteiger partial charge is 0.449 e. The van der Waals surface area contributed by atoms with Gasteiger partial charge in [-0.05, 0) is 49.7 Å². The van der Waals surface area contributed by atoms with E-state index in [2.05, 4.69) is 5.32 Å². The molecule has 0 saturated heterocycles. The van der Waals surface area contributed by atoms with Crippen molar-refractivity contribution in [1.82, 2.24) is 5.32 Å². The number of nitrogens with one attached hydrogen (secondary N) is 1. The second kappa shape index (κ2) is 8.04. The maximum atomic E-state index is 12.5. The number of anilines is 1. The van der Waals surface area contributed by atoms with E-state index in [0.717, 1.165) is 11.3 Å². The van der Waals surface area contributed by atoms with Gasteiger partial charge in [0, 0.05) is 6.54 Å². The summed E-state index contributed by atoms with van der Waals surface area (Å²) in [5.74, 6) is -1.83. The van der Waals surface area contributed by atoms with E-state index >= 15 is 0 Å². The first-order valence-electron chi connectivity index (χ1n) is 9.00. The number of imide groups is 1. The Morgan fingerprint density at radius 2 is 1.57 bits per heavy atom. The van der Waals surface area contributed by atoms with E-state index in [1.165, 1.54) is 31.2 Å². The van der Waals surface area contributed by atoms with Crippen LogP contribution in [-0.2, 0) is 9.53 Å². The summed E-state index contributed by atoms with van der Waals surface area (Å²) in [5.41, 5.74) is 1.28. The highest BCUT2D eigenvalue weighted by Gasteiger charge is 2.36. The average Bonchev–Trinajstić information content (AvgIpc) is 2.97. The molecular weight excluding hydrogens is 360 g/mol. The molecular formula is C21H20N2O5. The van der Waals surface area contributed by atoms with Crippen molar-refractivity contribution in [3.8, 4) is 0 Å². The Morgan fingerprint density at radius 1 is 1.00 bits per heavy atom. The number of amides is 3. The highest BCUT2D eigenvalue weighted by Crippen LogP contribution is 2.28. The number of carbonyl (C=O) groups is 4. The number of ether oxygens (including phenoxy) is 1. The molecule has 7 heteroatoms. The predicted molar refractivity (Wildman–Crippen MR) is 102 cm³/mol. The molecule has 7 nitrogen and oxygen atoms in total. The van der Waals surface area contributed by atoms with Gasteiger partial charge in [0.05, 0.1) is 22.4 Å². The summed E-state index contributed by atoms with van der Waals surface area (Å²) in [6, 6.07) is 12.5. The Balaban J connectivity index is 1.71. The Hall–Kier alpha value is -3.48. The maximum Gasteiger partial charge on any atom is 0.338 e. The quantitative estimate of drug-likeness (QED) is 0.614. The number of rotatable bonds is 6. The Bertz CT molecular complexity index is 901. The van der Waals surface area contributed by atoms with Crippen LogP contribution in [0.4, 0.5) is 5.69 Å². The molecule has 1 atom stereocenters. The molecule has 3 rings (SSSR count). The number of esters is 1. The van der Waals surface area contributed by atoms with Crippen molar-refractivity contribution >= 4 is 29.4 Å². The molecule has 144 valence electrons. The number of benzene rings is 2. The van der Waals surface area contributed by atoms with Crippen molar-refractivity contribution in [3.63, 3.8) is 0 Å². The molecule has 1 N–H and O–H groups in total.